The number of allylic oxidation sites excluding steroid dienone is 4. The summed E-state index contributed by atoms with van der Waals surface area (Å²) in [4.78, 5) is 12.2. The van der Waals surface area contributed by atoms with E-state index >= 15 is 0 Å². The van der Waals surface area contributed by atoms with E-state index in [-0.39, 0.29) is 0 Å². The molecule has 4 N–H and O–H groups in total. The molecule has 46 heavy (non-hydrogen) atoms. The van der Waals surface area contributed by atoms with Gasteiger partial charge in [0.1, 0.15) is 6.17 Å². The Bertz CT molecular complexity index is 1940. The highest BCUT2D eigenvalue weighted by atomic mass is 15.2. The third kappa shape index (κ3) is 5.96. The van der Waals surface area contributed by atoms with Crippen LogP contribution in [0.1, 0.15) is 30.1 Å². The number of nitrogens with two attached hydrogens (primary N) is 2. The maximum absolute atomic E-state index is 7.15. The van der Waals surface area contributed by atoms with Gasteiger partial charge in [-0.15, -0.1) is 0 Å². The van der Waals surface area contributed by atoms with Crippen molar-refractivity contribution in [2.45, 2.75) is 19.0 Å². The molecule has 5 heteroatoms. The molecule has 0 saturated carbocycles. The fraction of sp³-hybridized carbons (Fsp3) is 0.0732. The molecule has 6 aromatic rings. The number of benzene rings is 5. The number of aromatic nitrogens is 2. The molecule has 0 spiro atoms. The van der Waals surface area contributed by atoms with Crippen LogP contribution in [0.2, 0.25) is 0 Å². The number of rotatable bonds is 8. The Morgan fingerprint density at radius 2 is 1.17 bits per heavy atom. The molecule has 1 aliphatic carbocycles. The second-order valence-corrected chi connectivity index (χ2v) is 11.4. The number of nitrogens with zero attached hydrogens (tertiary/aromatic N) is 3. The van der Waals surface area contributed by atoms with Gasteiger partial charge >= 0.3 is 0 Å². The molecule has 0 aliphatic heterocycles. The minimum Gasteiger partial charge on any atom is -0.402 e. The van der Waals surface area contributed by atoms with Crippen LogP contribution in [0.25, 0.3) is 39.5 Å². The molecule has 7 rings (SSSR count). The van der Waals surface area contributed by atoms with Gasteiger partial charge in [-0.2, -0.15) is 0 Å². The van der Waals surface area contributed by atoms with Crippen molar-refractivity contribution in [3.63, 3.8) is 0 Å². The molecule has 0 saturated heterocycles. The maximum Gasteiger partial charge on any atom is 0.160 e. The van der Waals surface area contributed by atoms with Crippen LogP contribution in [-0.4, -0.2) is 9.97 Å². The first-order valence-electron chi connectivity index (χ1n) is 15.6. The summed E-state index contributed by atoms with van der Waals surface area (Å²) in [5, 5.41) is 0. The van der Waals surface area contributed by atoms with E-state index in [4.69, 9.17) is 21.4 Å². The van der Waals surface area contributed by atoms with Gasteiger partial charge < -0.3 is 16.4 Å². The van der Waals surface area contributed by atoms with Gasteiger partial charge in [-0.25, -0.2) is 9.97 Å². The smallest absolute Gasteiger partial charge is 0.160 e. The summed E-state index contributed by atoms with van der Waals surface area (Å²) >= 11 is 0. The third-order valence-corrected chi connectivity index (χ3v) is 8.35. The van der Waals surface area contributed by atoms with Gasteiger partial charge in [0.25, 0.3) is 0 Å². The molecule has 1 atom stereocenters. The lowest BCUT2D eigenvalue weighted by atomic mass is 9.94. The zero-order chi connectivity index (χ0) is 31.3. The first-order chi connectivity index (χ1) is 22.7. The first-order valence-corrected chi connectivity index (χ1v) is 15.6. The van der Waals surface area contributed by atoms with Gasteiger partial charge in [-0.1, -0.05) is 133 Å². The number of hydrogen-bond acceptors (Lipinski definition) is 5. The van der Waals surface area contributed by atoms with E-state index in [9.17, 15) is 0 Å². The van der Waals surface area contributed by atoms with Crippen molar-refractivity contribution in [3.8, 4) is 33.9 Å². The molecule has 5 nitrogen and oxygen atoms in total. The predicted molar refractivity (Wildman–Crippen MR) is 190 cm³/mol. The van der Waals surface area contributed by atoms with Crippen molar-refractivity contribution in [3.05, 3.63) is 175 Å². The average molecular weight is 598 g/mol. The SMILES string of the molecule is NC1=C(c2ccccc2N(c2ccccc2)C(N)c2ccc(-c3nc(-c4ccccc4)cc(-c4ccccc4)n3)cc2)C=CCC1. The van der Waals surface area contributed by atoms with Crippen LogP contribution in [0.3, 0.4) is 0 Å². The van der Waals surface area contributed by atoms with Crippen molar-refractivity contribution >= 4 is 16.9 Å². The van der Waals surface area contributed by atoms with Crippen molar-refractivity contribution in [2.24, 2.45) is 11.5 Å². The zero-order valence-corrected chi connectivity index (χ0v) is 25.5. The molecule has 1 unspecified atom stereocenters. The van der Waals surface area contributed by atoms with Gasteiger partial charge in [0, 0.05) is 39.2 Å². The molecule has 224 valence electrons. The number of hydrogen-bond donors (Lipinski definition) is 2. The Hall–Kier alpha value is -5.78. The third-order valence-electron chi connectivity index (χ3n) is 8.35. The van der Waals surface area contributed by atoms with Gasteiger partial charge in [0.15, 0.2) is 5.82 Å². The molecule has 1 aromatic heterocycles. The van der Waals surface area contributed by atoms with Crippen LogP contribution in [0.5, 0.6) is 0 Å². The fourth-order valence-electron chi connectivity index (χ4n) is 5.96. The lowest BCUT2D eigenvalue weighted by Gasteiger charge is -2.34. The van der Waals surface area contributed by atoms with E-state index in [1.807, 2.05) is 54.6 Å². The highest BCUT2D eigenvalue weighted by Gasteiger charge is 2.23. The lowest BCUT2D eigenvalue weighted by molar-refractivity contribution is 0.735. The molecule has 0 fully saturated rings. The standard InChI is InChI=1S/C41H35N5/c42-36-22-12-10-20-34(36)35-21-11-13-23-39(35)46(33-18-8-3-9-19-33)40(43)31-24-26-32(27-25-31)41-44-37(29-14-4-1-5-15-29)28-38(45-41)30-16-6-2-7-17-30/h1-11,13-21,23-28,40H,12,22,42-43H2. The minimum atomic E-state index is -0.469. The Morgan fingerprint density at radius 3 is 1.78 bits per heavy atom. The Kier molecular flexibility index (Phi) is 8.23. The summed E-state index contributed by atoms with van der Waals surface area (Å²) in [6, 6.07) is 49.4. The number of para-hydroxylation sites is 2. The second-order valence-electron chi connectivity index (χ2n) is 11.4. The van der Waals surface area contributed by atoms with Gasteiger partial charge in [-0.05, 0) is 42.7 Å². The summed E-state index contributed by atoms with van der Waals surface area (Å²) in [6.45, 7) is 0. The summed E-state index contributed by atoms with van der Waals surface area (Å²) in [6.07, 6.45) is 5.65. The normalized spacial score (nSPS) is 13.4. The van der Waals surface area contributed by atoms with Crippen molar-refractivity contribution in [1.82, 2.24) is 9.97 Å². The van der Waals surface area contributed by atoms with E-state index in [0.29, 0.717) is 5.82 Å². The Balaban J connectivity index is 1.28. The topological polar surface area (TPSA) is 81.1 Å². The van der Waals surface area contributed by atoms with Crippen molar-refractivity contribution < 1.29 is 0 Å². The van der Waals surface area contributed by atoms with Crippen LogP contribution >= 0.6 is 0 Å². The Morgan fingerprint density at radius 1 is 0.609 bits per heavy atom. The van der Waals surface area contributed by atoms with Crippen LogP contribution in [0.4, 0.5) is 11.4 Å². The molecule has 0 bridgehead atoms. The predicted octanol–water partition coefficient (Wildman–Crippen LogP) is 9.29. The summed E-state index contributed by atoms with van der Waals surface area (Å²) in [5.41, 5.74) is 24.4. The van der Waals surface area contributed by atoms with Gasteiger partial charge in [0.2, 0.25) is 0 Å². The van der Waals surface area contributed by atoms with Crippen LogP contribution in [0, 0.1) is 0 Å². The molecule has 1 heterocycles. The van der Waals surface area contributed by atoms with E-state index in [0.717, 1.165) is 74.7 Å². The van der Waals surface area contributed by atoms with Crippen LogP contribution in [0.15, 0.2) is 163 Å². The summed E-state index contributed by atoms with van der Waals surface area (Å²) < 4.78 is 0. The zero-order valence-electron chi connectivity index (χ0n) is 25.5. The van der Waals surface area contributed by atoms with Crippen molar-refractivity contribution in [2.75, 3.05) is 4.90 Å². The quantitative estimate of drug-likeness (QED) is 0.171. The molecule has 0 amide bonds. The van der Waals surface area contributed by atoms with Crippen molar-refractivity contribution in [1.29, 1.82) is 0 Å². The van der Waals surface area contributed by atoms with Gasteiger partial charge in [0.05, 0.1) is 17.1 Å². The second kappa shape index (κ2) is 13.1. The van der Waals surface area contributed by atoms with E-state index < -0.39 is 6.17 Å². The lowest BCUT2D eigenvalue weighted by Crippen LogP contribution is -2.31. The minimum absolute atomic E-state index is 0.469. The molecule has 5 aromatic carbocycles. The first kappa shape index (κ1) is 29.0. The maximum atomic E-state index is 7.15. The van der Waals surface area contributed by atoms with E-state index in [2.05, 4.69) is 108 Å². The van der Waals surface area contributed by atoms with E-state index in [1.54, 1.807) is 0 Å². The fourth-order valence-corrected chi connectivity index (χ4v) is 5.96. The molecule has 1 aliphatic rings. The largest absolute Gasteiger partial charge is 0.402 e. The molecule has 0 radical (unpaired) electrons. The monoisotopic (exact) mass is 597 g/mol. The number of anilines is 2. The summed E-state index contributed by atoms with van der Waals surface area (Å²) in [5.74, 6) is 0.664. The van der Waals surface area contributed by atoms with E-state index in [1.165, 1.54) is 0 Å². The summed E-state index contributed by atoms with van der Waals surface area (Å²) in [7, 11) is 0. The van der Waals surface area contributed by atoms with Crippen LogP contribution < -0.4 is 16.4 Å². The Labute approximate surface area is 270 Å². The highest BCUT2D eigenvalue weighted by Crippen LogP contribution is 2.39. The highest BCUT2D eigenvalue weighted by molar-refractivity contribution is 5.87. The molecular formula is C41H35N5. The van der Waals surface area contributed by atoms with Crippen LogP contribution in [-0.2, 0) is 0 Å². The average Bonchev–Trinajstić information content (AvgIpc) is 3.13. The van der Waals surface area contributed by atoms with Gasteiger partial charge in [-0.3, -0.25) is 0 Å². The molecular weight excluding hydrogens is 562 g/mol.